The Kier molecular flexibility index (Phi) is 5.74. The van der Waals surface area contributed by atoms with Crippen LogP contribution in [0.4, 0.5) is 5.69 Å². The number of hydrogen-bond acceptors (Lipinski definition) is 2. The van der Waals surface area contributed by atoms with Crippen molar-refractivity contribution in [3.63, 3.8) is 0 Å². The van der Waals surface area contributed by atoms with Gasteiger partial charge in [0.1, 0.15) is 12.4 Å². The van der Waals surface area contributed by atoms with Gasteiger partial charge in [0.15, 0.2) is 0 Å². The lowest BCUT2D eigenvalue weighted by Crippen LogP contribution is -2.11. The molecule has 126 valence electrons. The van der Waals surface area contributed by atoms with E-state index in [9.17, 15) is 4.79 Å². The number of benzene rings is 3. The average Bonchev–Trinajstić information content (AvgIpc) is 2.63. The van der Waals surface area contributed by atoms with E-state index in [1.165, 1.54) is 0 Å². The van der Waals surface area contributed by atoms with Crippen LogP contribution in [0.15, 0.2) is 77.3 Å². The first-order valence-electron chi connectivity index (χ1n) is 7.65. The molecular formula is C20H15BrClNO2. The van der Waals surface area contributed by atoms with Gasteiger partial charge in [0.25, 0.3) is 5.91 Å². The molecule has 0 radical (unpaired) electrons. The first kappa shape index (κ1) is 17.5. The van der Waals surface area contributed by atoms with Crippen LogP contribution in [-0.2, 0) is 6.61 Å². The zero-order valence-electron chi connectivity index (χ0n) is 13.2. The molecule has 0 saturated carbocycles. The Labute approximate surface area is 159 Å². The molecule has 3 rings (SSSR count). The highest BCUT2D eigenvalue weighted by Crippen LogP contribution is 2.20. The second-order valence-corrected chi connectivity index (χ2v) is 6.69. The smallest absolute Gasteiger partial charge is 0.255 e. The van der Waals surface area contributed by atoms with E-state index in [0.29, 0.717) is 22.9 Å². The van der Waals surface area contributed by atoms with Gasteiger partial charge in [-0.05, 0) is 48.5 Å². The van der Waals surface area contributed by atoms with E-state index in [1.54, 1.807) is 18.2 Å². The standard InChI is InChI=1S/C20H15BrClNO2/c21-16-8-10-17(11-9-16)23-20(24)14-5-3-6-18(12-14)25-13-15-4-1-2-7-19(15)22/h1-12H,13H2,(H,23,24). The molecule has 0 heterocycles. The van der Waals surface area contributed by atoms with E-state index < -0.39 is 0 Å². The molecular weight excluding hydrogens is 402 g/mol. The monoisotopic (exact) mass is 415 g/mol. The van der Waals surface area contributed by atoms with Crippen LogP contribution in [0.5, 0.6) is 5.75 Å². The van der Waals surface area contributed by atoms with E-state index in [1.807, 2.05) is 54.6 Å². The molecule has 0 unspecified atom stereocenters. The Hall–Kier alpha value is -2.30. The summed E-state index contributed by atoms with van der Waals surface area (Å²) in [6, 6.07) is 22.0. The summed E-state index contributed by atoms with van der Waals surface area (Å²) in [7, 11) is 0. The second kappa shape index (κ2) is 8.19. The van der Waals surface area contributed by atoms with Crippen LogP contribution < -0.4 is 10.1 Å². The van der Waals surface area contributed by atoms with Gasteiger partial charge < -0.3 is 10.1 Å². The number of carbonyl (C=O) groups excluding carboxylic acids is 1. The largest absolute Gasteiger partial charge is 0.489 e. The number of rotatable bonds is 5. The van der Waals surface area contributed by atoms with Gasteiger partial charge in [-0.1, -0.05) is 51.8 Å². The molecule has 0 aliphatic heterocycles. The molecule has 5 heteroatoms. The molecule has 0 aliphatic rings. The minimum Gasteiger partial charge on any atom is -0.489 e. The van der Waals surface area contributed by atoms with Crippen LogP contribution in [0.25, 0.3) is 0 Å². The third kappa shape index (κ3) is 4.84. The first-order valence-corrected chi connectivity index (χ1v) is 8.82. The topological polar surface area (TPSA) is 38.3 Å². The fourth-order valence-corrected chi connectivity index (χ4v) is 2.69. The van der Waals surface area contributed by atoms with Crippen LogP contribution in [0.1, 0.15) is 15.9 Å². The highest BCUT2D eigenvalue weighted by atomic mass is 79.9. The van der Waals surface area contributed by atoms with Crippen LogP contribution in [-0.4, -0.2) is 5.91 Å². The van der Waals surface area contributed by atoms with Crippen molar-refractivity contribution in [2.45, 2.75) is 6.61 Å². The fraction of sp³-hybridized carbons (Fsp3) is 0.0500. The predicted molar refractivity (Wildman–Crippen MR) is 104 cm³/mol. The van der Waals surface area contributed by atoms with Gasteiger partial charge >= 0.3 is 0 Å². The van der Waals surface area contributed by atoms with Crippen LogP contribution >= 0.6 is 27.5 Å². The van der Waals surface area contributed by atoms with Crippen LogP contribution in [0.3, 0.4) is 0 Å². The third-order valence-electron chi connectivity index (χ3n) is 3.55. The molecule has 3 nitrogen and oxygen atoms in total. The molecule has 0 bridgehead atoms. The quantitative estimate of drug-likeness (QED) is 0.559. The van der Waals surface area contributed by atoms with Gasteiger partial charge in [0, 0.05) is 26.3 Å². The fourth-order valence-electron chi connectivity index (χ4n) is 2.24. The molecule has 0 fully saturated rings. The highest BCUT2D eigenvalue weighted by Gasteiger charge is 2.08. The van der Waals surface area contributed by atoms with Crippen molar-refractivity contribution in [3.05, 3.63) is 93.4 Å². The van der Waals surface area contributed by atoms with Gasteiger partial charge in [-0.15, -0.1) is 0 Å². The van der Waals surface area contributed by atoms with E-state index in [0.717, 1.165) is 15.7 Å². The molecule has 0 atom stereocenters. The molecule has 0 aliphatic carbocycles. The normalized spacial score (nSPS) is 10.3. The Morgan fingerprint density at radius 2 is 1.76 bits per heavy atom. The first-order chi connectivity index (χ1) is 12.1. The summed E-state index contributed by atoms with van der Waals surface area (Å²) in [6.07, 6.45) is 0. The number of ether oxygens (including phenoxy) is 1. The van der Waals surface area contributed by atoms with Gasteiger partial charge in [-0.25, -0.2) is 0 Å². The Balaban J connectivity index is 1.67. The predicted octanol–water partition coefficient (Wildman–Crippen LogP) is 5.93. The van der Waals surface area contributed by atoms with Gasteiger partial charge in [0.2, 0.25) is 0 Å². The summed E-state index contributed by atoms with van der Waals surface area (Å²) in [6.45, 7) is 0.345. The number of nitrogens with one attached hydrogen (secondary N) is 1. The lowest BCUT2D eigenvalue weighted by atomic mass is 10.2. The minimum atomic E-state index is -0.189. The van der Waals surface area contributed by atoms with E-state index in [4.69, 9.17) is 16.3 Å². The molecule has 25 heavy (non-hydrogen) atoms. The van der Waals surface area contributed by atoms with E-state index in [2.05, 4.69) is 21.2 Å². The molecule has 0 spiro atoms. The minimum absolute atomic E-state index is 0.189. The average molecular weight is 417 g/mol. The summed E-state index contributed by atoms with van der Waals surface area (Å²) in [4.78, 5) is 12.4. The van der Waals surface area contributed by atoms with Crippen molar-refractivity contribution >= 4 is 39.1 Å². The molecule has 3 aromatic rings. The van der Waals surface area contributed by atoms with Crippen molar-refractivity contribution in [3.8, 4) is 5.75 Å². The number of carbonyl (C=O) groups is 1. The Morgan fingerprint density at radius 1 is 1.00 bits per heavy atom. The summed E-state index contributed by atoms with van der Waals surface area (Å²) in [5.74, 6) is 0.425. The van der Waals surface area contributed by atoms with E-state index in [-0.39, 0.29) is 5.91 Å². The number of hydrogen-bond donors (Lipinski definition) is 1. The summed E-state index contributed by atoms with van der Waals surface area (Å²) in [5.41, 5.74) is 2.16. The van der Waals surface area contributed by atoms with Crippen molar-refractivity contribution in [2.75, 3.05) is 5.32 Å². The van der Waals surface area contributed by atoms with Crippen molar-refractivity contribution in [1.82, 2.24) is 0 Å². The number of anilines is 1. The molecule has 0 aromatic heterocycles. The lowest BCUT2D eigenvalue weighted by molar-refractivity contribution is 0.102. The lowest BCUT2D eigenvalue weighted by Gasteiger charge is -2.10. The third-order valence-corrected chi connectivity index (χ3v) is 4.45. The summed E-state index contributed by atoms with van der Waals surface area (Å²) in [5, 5.41) is 3.52. The Bertz CT molecular complexity index is 881. The van der Waals surface area contributed by atoms with Crippen LogP contribution in [0.2, 0.25) is 5.02 Å². The molecule has 1 amide bonds. The van der Waals surface area contributed by atoms with Gasteiger partial charge in [-0.2, -0.15) is 0 Å². The molecule has 0 saturated heterocycles. The Morgan fingerprint density at radius 3 is 2.52 bits per heavy atom. The van der Waals surface area contributed by atoms with Crippen molar-refractivity contribution < 1.29 is 9.53 Å². The zero-order valence-corrected chi connectivity index (χ0v) is 15.5. The molecule has 1 N–H and O–H groups in total. The maximum Gasteiger partial charge on any atom is 0.255 e. The zero-order chi connectivity index (χ0) is 17.6. The second-order valence-electron chi connectivity index (χ2n) is 5.37. The van der Waals surface area contributed by atoms with Gasteiger partial charge in [0.05, 0.1) is 0 Å². The van der Waals surface area contributed by atoms with Crippen LogP contribution in [0, 0.1) is 0 Å². The highest BCUT2D eigenvalue weighted by molar-refractivity contribution is 9.10. The number of amides is 1. The SMILES string of the molecule is O=C(Nc1ccc(Br)cc1)c1cccc(OCc2ccccc2Cl)c1. The maximum absolute atomic E-state index is 12.4. The van der Waals surface area contributed by atoms with Gasteiger partial charge in [-0.3, -0.25) is 4.79 Å². The van der Waals surface area contributed by atoms with Crippen molar-refractivity contribution in [1.29, 1.82) is 0 Å². The van der Waals surface area contributed by atoms with E-state index >= 15 is 0 Å². The summed E-state index contributed by atoms with van der Waals surface area (Å²) >= 11 is 9.50. The number of halogens is 2. The maximum atomic E-state index is 12.4. The van der Waals surface area contributed by atoms with Crippen molar-refractivity contribution in [2.24, 2.45) is 0 Å². The summed E-state index contributed by atoms with van der Waals surface area (Å²) < 4.78 is 6.72. The molecule has 3 aromatic carbocycles.